The monoisotopic (exact) mass is 528 g/mol. The first-order valence-corrected chi connectivity index (χ1v) is 10.5. The van der Waals surface area contributed by atoms with Gasteiger partial charge in [0.2, 0.25) is 0 Å². The molecule has 7 heteroatoms. The van der Waals surface area contributed by atoms with Crippen molar-refractivity contribution in [1.82, 2.24) is 0 Å². The van der Waals surface area contributed by atoms with E-state index < -0.39 is 17.5 Å². The Kier molecular flexibility index (Phi) is 10.3. The summed E-state index contributed by atoms with van der Waals surface area (Å²) in [5.41, 5.74) is -0.0814. The van der Waals surface area contributed by atoms with Crippen molar-refractivity contribution in [1.29, 1.82) is 0 Å². The first-order chi connectivity index (χ1) is 11.4. The maximum absolute atomic E-state index is 12.1. The number of hydrogen-bond acceptors (Lipinski definition) is 4. The molecule has 24 heavy (non-hydrogen) atoms. The molecule has 0 aliphatic heterocycles. The number of phenolic OH excluding ortho intramolecular Hbond substituents is 2. The van der Waals surface area contributed by atoms with Gasteiger partial charge >= 0.3 is 5.97 Å². The van der Waals surface area contributed by atoms with Crippen LogP contribution >= 0.6 is 47.8 Å². The minimum Gasteiger partial charge on any atom is -0.504 e. The molecule has 0 spiro atoms. The zero-order chi connectivity index (χ0) is 18.1. The van der Waals surface area contributed by atoms with Crippen LogP contribution in [0.5, 0.6) is 11.5 Å². The molecule has 2 N–H and O–H groups in total. The molecule has 0 aromatic heterocycles. The number of halogens is 3. The molecule has 1 rings (SSSR count). The molecule has 0 bridgehead atoms. The lowest BCUT2D eigenvalue weighted by molar-refractivity contribution is 0.0492. The smallest absolute Gasteiger partial charge is 0.343 e. The summed E-state index contributed by atoms with van der Waals surface area (Å²) in [6, 6.07) is 0. The van der Waals surface area contributed by atoms with Crippen molar-refractivity contribution in [2.24, 2.45) is 0 Å². The molecule has 0 saturated carbocycles. The normalized spacial score (nSPS) is 10.8. The lowest BCUT2D eigenvalue weighted by Gasteiger charge is -2.12. The van der Waals surface area contributed by atoms with Gasteiger partial charge in [0.05, 0.1) is 20.0 Å². The second kappa shape index (κ2) is 11.4. The second-order valence-corrected chi connectivity index (χ2v) is 8.00. The van der Waals surface area contributed by atoms with Crippen LogP contribution in [0.3, 0.4) is 0 Å². The van der Waals surface area contributed by atoms with Gasteiger partial charge in [0, 0.05) is 0 Å². The lowest BCUT2D eigenvalue weighted by atomic mass is 10.1. The number of hydrogen-bond donors (Lipinski definition) is 2. The predicted molar refractivity (Wildman–Crippen MR) is 106 cm³/mol. The molecule has 0 fully saturated rings. The Bertz CT molecular complexity index is 532. The third kappa shape index (κ3) is 6.23. The van der Waals surface area contributed by atoms with E-state index in [-0.39, 0.29) is 10.0 Å². The maximum Gasteiger partial charge on any atom is 0.343 e. The minimum absolute atomic E-state index is 0.0814. The van der Waals surface area contributed by atoms with E-state index in [1.807, 2.05) is 0 Å². The fraction of sp³-hybridized carbons (Fsp3) is 0.588. The molecule has 0 atom stereocenters. The van der Waals surface area contributed by atoms with Gasteiger partial charge in [-0.05, 0) is 54.2 Å². The second-order valence-electron chi connectivity index (χ2n) is 5.62. The third-order valence-corrected chi connectivity index (χ3v) is 7.13. The molecule has 0 unspecified atom stereocenters. The highest BCUT2D eigenvalue weighted by Gasteiger charge is 2.25. The average molecular weight is 531 g/mol. The van der Waals surface area contributed by atoms with Crippen molar-refractivity contribution in [2.45, 2.75) is 58.3 Å². The van der Waals surface area contributed by atoms with Gasteiger partial charge in [-0.15, -0.1) is 0 Å². The number of esters is 1. The van der Waals surface area contributed by atoms with E-state index in [0.717, 1.165) is 19.3 Å². The average Bonchev–Trinajstić information content (AvgIpc) is 2.57. The largest absolute Gasteiger partial charge is 0.504 e. The Labute approximate surface area is 168 Å². The van der Waals surface area contributed by atoms with Gasteiger partial charge in [-0.3, -0.25) is 0 Å². The van der Waals surface area contributed by atoms with Crippen LogP contribution < -0.4 is 0 Å². The van der Waals surface area contributed by atoms with E-state index in [1.165, 1.54) is 32.1 Å². The molecule has 1 aromatic carbocycles. The summed E-state index contributed by atoms with van der Waals surface area (Å²) in [5.74, 6) is -1.56. The van der Waals surface area contributed by atoms with Crippen molar-refractivity contribution in [2.75, 3.05) is 6.61 Å². The number of ether oxygens (including phenoxy) is 1. The van der Waals surface area contributed by atoms with Gasteiger partial charge in [0.1, 0.15) is 5.56 Å². The van der Waals surface area contributed by atoms with Crippen molar-refractivity contribution < 1.29 is 19.7 Å². The van der Waals surface area contributed by atoms with Crippen LogP contribution in [-0.2, 0) is 4.74 Å². The summed E-state index contributed by atoms with van der Waals surface area (Å²) in [6.45, 7) is 2.50. The first-order valence-electron chi connectivity index (χ1n) is 8.17. The first kappa shape index (κ1) is 21.8. The van der Waals surface area contributed by atoms with Gasteiger partial charge in [0.15, 0.2) is 11.5 Å². The summed E-state index contributed by atoms with van der Waals surface area (Å²) in [4.78, 5) is 12.1. The SMILES string of the molecule is CCCCCCCCCCOC(=O)c1c(O)c(O)c(Br)c(Br)c1Br. The van der Waals surface area contributed by atoms with Crippen LogP contribution in [0, 0.1) is 0 Å². The number of carbonyl (C=O) groups is 1. The van der Waals surface area contributed by atoms with Crippen LogP contribution in [0.1, 0.15) is 68.6 Å². The number of unbranched alkanes of at least 4 members (excludes halogenated alkanes) is 7. The van der Waals surface area contributed by atoms with Crippen LogP contribution in [0.15, 0.2) is 13.4 Å². The maximum atomic E-state index is 12.1. The van der Waals surface area contributed by atoms with Crippen molar-refractivity contribution in [3.63, 3.8) is 0 Å². The van der Waals surface area contributed by atoms with Crippen LogP contribution in [0.4, 0.5) is 0 Å². The van der Waals surface area contributed by atoms with E-state index in [0.29, 0.717) is 15.6 Å². The molecule has 0 heterocycles. The Morgan fingerprint density at radius 1 is 0.833 bits per heavy atom. The summed E-state index contributed by atoms with van der Waals surface area (Å²) in [5, 5.41) is 19.8. The molecule has 0 aliphatic rings. The fourth-order valence-corrected chi connectivity index (χ4v) is 3.88. The van der Waals surface area contributed by atoms with E-state index in [9.17, 15) is 15.0 Å². The van der Waals surface area contributed by atoms with Crippen molar-refractivity contribution in [3.8, 4) is 11.5 Å². The zero-order valence-corrected chi connectivity index (χ0v) is 18.5. The Hall–Kier alpha value is -0.270. The molecule has 0 amide bonds. The standard InChI is InChI=1S/C17H23Br3O4/c1-2-3-4-5-6-7-8-9-10-24-17(23)11-12(18)13(19)14(20)16(22)15(11)21/h21-22H,2-10H2,1H3. The summed E-state index contributed by atoms with van der Waals surface area (Å²) in [7, 11) is 0. The van der Waals surface area contributed by atoms with Gasteiger partial charge in [0.25, 0.3) is 0 Å². The Balaban J connectivity index is 2.42. The van der Waals surface area contributed by atoms with Crippen LogP contribution in [-0.4, -0.2) is 22.8 Å². The molecule has 0 aliphatic carbocycles. The number of aromatic hydroxyl groups is 2. The van der Waals surface area contributed by atoms with Gasteiger partial charge in [-0.2, -0.15) is 0 Å². The highest BCUT2D eigenvalue weighted by atomic mass is 79.9. The zero-order valence-electron chi connectivity index (χ0n) is 13.7. The Morgan fingerprint density at radius 2 is 1.38 bits per heavy atom. The van der Waals surface area contributed by atoms with E-state index in [1.54, 1.807) is 0 Å². The quantitative estimate of drug-likeness (QED) is 0.153. The fourth-order valence-electron chi connectivity index (χ4n) is 2.30. The Morgan fingerprint density at radius 3 is 1.96 bits per heavy atom. The van der Waals surface area contributed by atoms with Gasteiger partial charge in [-0.1, -0.05) is 51.9 Å². The van der Waals surface area contributed by atoms with Crippen molar-refractivity contribution >= 4 is 53.8 Å². The minimum atomic E-state index is -0.661. The van der Waals surface area contributed by atoms with Gasteiger partial charge in [-0.25, -0.2) is 4.79 Å². The molecule has 4 nitrogen and oxygen atoms in total. The highest BCUT2D eigenvalue weighted by Crippen LogP contribution is 2.46. The van der Waals surface area contributed by atoms with E-state index in [4.69, 9.17) is 4.74 Å². The van der Waals surface area contributed by atoms with E-state index in [2.05, 4.69) is 54.7 Å². The third-order valence-electron chi connectivity index (χ3n) is 3.71. The summed E-state index contributed by atoms with van der Waals surface area (Å²) < 4.78 is 6.26. The predicted octanol–water partition coefficient (Wildman–Crippen LogP) is 6.68. The number of benzene rings is 1. The van der Waals surface area contributed by atoms with Crippen LogP contribution in [0.25, 0.3) is 0 Å². The number of carbonyl (C=O) groups excluding carboxylic acids is 1. The molecular formula is C17H23Br3O4. The van der Waals surface area contributed by atoms with Crippen LogP contribution in [0.2, 0.25) is 0 Å². The van der Waals surface area contributed by atoms with E-state index >= 15 is 0 Å². The number of rotatable bonds is 10. The lowest BCUT2D eigenvalue weighted by Crippen LogP contribution is -2.08. The summed E-state index contributed by atoms with van der Waals surface area (Å²) in [6.07, 6.45) is 9.27. The summed E-state index contributed by atoms with van der Waals surface area (Å²) >= 11 is 9.60. The molecule has 136 valence electrons. The highest BCUT2D eigenvalue weighted by molar-refractivity contribution is 9.14. The molecule has 0 saturated heterocycles. The van der Waals surface area contributed by atoms with Gasteiger partial charge < -0.3 is 14.9 Å². The molecule has 1 aromatic rings. The topological polar surface area (TPSA) is 66.8 Å². The molecule has 0 radical (unpaired) electrons. The number of phenols is 2. The van der Waals surface area contributed by atoms with Crippen molar-refractivity contribution in [3.05, 3.63) is 19.0 Å². The molecular weight excluding hydrogens is 508 g/mol.